The number of allylic oxidation sites excluding steroid dienone is 4. The maximum atomic E-state index is 2.33. The van der Waals surface area contributed by atoms with E-state index in [0.29, 0.717) is 0 Å². The van der Waals surface area contributed by atoms with Crippen LogP contribution < -0.4 is 0 Å². The average Bonchev–Trinajstić information content (AvgIpc) is 2.71. The summed E-state index contributed by atoms with van der Waals surface area (Å²) in [5, 5.41) is 1.66. The molecule has 0 saturated carbocycles. The lowest BCUT2D eigenvalue weighted by Crippen LogP contribution is -2.10. The second kappa shape index (κ2) is 6.94. The van der Waals surface area contributed by atoms with Crippen molar-refractivity contribution in [3.8, 4) is 0 Å². The summed E-state index contributed by atoms with van der Waals surface area (Å²) >= 11 is 0. The molecule has 0 aromatic rings. The van der Waals surface area contributed by atoms with Crippen molar-refractivity contribution in [2.75, 3.05) is 0 Å². The summed E-state index contributed by atoms with van der Waals surface area (Å²) < 4.78 is 0. The Hall–Kier alpha value is -0.433. The summed E-state index contributed by atoms with van der Waals surface area (Å²) in [5.74, 6) is 0. The molecular formula is C13H22Si. The largest absolute Gasteiger partial charge is 0.0654 e. The standard InChI is InChI=1S/C13H22Si/c1-3-5-11-14(12-6-4-2)13-9-7-8-10-13/h7-10H,3-6,11-12H2,1-2H3. The molecule has 0 radical (unpaired) electrons. The van der Waals surface area contributed by atoms with Crippen LogP contribution in [0.1, 0.15) is 39.5 Å². The van der Waals surface area contributed by atoms with Crippen LogP contribution in [0.5, 0.6) is 0 Å². The van der Waals surface area contributed by atoms with Crippen LogP contribution in [-0.4, -0.2) is 13.6 Å². The molecule has 78 valence electrons. The first-order chi connectivity index (χ1) is 6.88. The molecule has 0 aromatic heterocycles. The van der Waals surface area contributed by atoms with Gasteiger partial charge in [0, 0.05) is 8.41 Å². The predicted molar refractivity (Wildman–Crippen MR) is 68.5 cm³/mol. The molecule has 0 atom stereocenters. The van der Waals surface area contributed by atoms with Crippen LogP contribution in [0.15, 0.2) is 24.3 Å². The van der Waals surface area contributed by atoms with Gasteiger partial charge >= 0.3 is 0 Å². The van der Waals surface area contributed by atoms with Crippen molar-refractivity contribution in [3.05, 3.63) is 24.3 Å². The van der Waals surface area contributed by atoms with E-state index >= 15 is 0 Å². The monoisotopic (exact) mass is 206 g/mol. The van der Waals surface area contributed by atoms with E-state index in [1.165, 1.54) is 37.8 Å². The third-order valence-electron chi connectivity index (χ3n) is 2.74. The molecule has 1 heteroatoms. The molecule has 0 N–H and O–H groups in total. The Labute approximate surface area is 90.0 Å². The van der Waals surface area contributed by atoms with Crippen molar-refractivity contribution in [1.82, 2.24) is 0 Å². The van der Waals surface area contributed by atoms with E-state index in [-0.39, 0.29) is 8.41 Å². The summed E-state index contributed by atoms with van der Waals surface area (Å²) in [6.07, 6.45) is 14.6. The lowest BCUT2D eigenvalue weighted by Gasteiger charge is -2.07. The Balaban J connectivity index is 2.56. The highest BCUT2D eigenvalue weighted by Gasteiger charge is 2.04. The van der Waals surface area contributed by atoms with Crippen LogP contribution in [-0.2, 0) is 0 Å². The summed E-state index contributed by atoms with van der Waals surface area (Å²) in [6, 6.07) is 2.95. The number of rotatable bonds is 6. The fraction of sp³-hybridized carbons (Fsp3) is 0.615. The van der Waals surface area contributed by atoms with Crippen molar-refractivity contribution in [3.63, 3.8) is 0 Å². The maximum Gasteiger partial charge on any atom is 0.0193 e. The van der Waals surface area contributed by atoms with Gasteiger partial charge in [-0.1, -0.05) is 63.8 Å². The van der Waals surface area contributed by atoms with Gasteiger partial charge in [-0.2, -0.15) is 0 Å². The lowest BCUT2D eigenvalue weighted by atomic mass is 10.4. The Kier molecular flexibility index (Phi) is 5.77. The van der Waals surface area contributed by atoms with Gasteiger partial charge in [0.2, 0.25) is 0 Å². The first kappa shape index (κ1) is 11.6. The zero-order valence-electron chi connectivity index (χ0n) is 9.55. The van der Waals surface area contributed by atoms with Crippen LogP contribution in [0.3, 0.4) is 0 Å². The van der Waals surface area contributed by atoms with Gasteiger partial charge in [-0.15, -0.1) is 0 Å². The van der Waals surface area contributed by atoms with Gasteiger partial charge in [0.25, 0.3) is 0 Å². The van der Waals surface area contributed by atoms with Gasteiger partial charge in [0.15, 0.2) is 0 Å². The summed E-state index contributed by atoms with van der Waals surface area (Å²) in [6.45, 7) is 4.59. The van der Waals surface area contributed by atoms with Crippen LogP contribution in [0, 0.1) is 0 Å². The number of hydrogen-bond donors (Lipinski definition) is 0. The third kappa shape index (κ3) is 3.75. The van der Waals surface area contributed by atoms with Crippen LogP contribution >= 0.6 is 0 Å². The number of hydrogen-bond acceptors (Lipinski definition) is 0. The minimum absolute atomic E-state index is 0.204. The van der Waals surface area contributed by atoms with Crippen molar-refractivity contribution >= 4 is 13.6 Å². The van der Waals surface area contributed by atoms with Crippen molar-refractivity contribution in [2.45, 2.75) is 51.6 Å². The highest BCUT2D eigenvalue weighted by atomic mass is 28.2. The highest BCUT2D eigenvalue weighted by molar-refractivity contribution is 6.75. The van der Waals surface area contributed by atoms with Crippen molar-refractivity contribution in [1.29, 1.82) is 0 Å². The molecule has 0 aliphatic heterocycles. The molecule has 14 heavy (non-hydrogen) atoms. The molecule has 1 rings (SSSR count). The van der Waals surface area contributed by atoms with Gasteiger partial charge in [-0.3, -0.25) is 0 Å². The predicted octanol–water partition coefficient (Wildman–Crippen LogP) is 3.96. The lowest BCUT2D eigenvalue weighted by molar-refractivity contribution is 0.849. The minimum atomic E-state index is -0.204. The average molecular weight is 206 g/mol. The van der Waals surface area contributed by atoms with E-state index in [1.807, 2.05) is 0 Å². The van der Waals surface area contributed by atoms with Gasteiger partial charge in [-0.05, 0) is 17.3 Å². The zero-order chi connectivity index (χ0) is 10.2. The Bertz CT molecular complexity index is 222. The topological polar surface area (TPSA) is 0 Å². The highest BCUT2D eigenvalue weighted by Crippen LogP contribution is 2.09. The zero-order valence-corrected chi connectivity index (χ0v) is 10.6. The molecule has 0 unspecified atom stereocenters. The van der Waals surface area contributed by atoms with Gasteiger partial charge < -0.3 is 0 Å². The second-order valence-corrected chi connectivity index (χ2v) is 6.77. The van der Waals surface area contributed by atoms with Gasteiger partial charge in [0.1, 0.15) is 0 Å². The maximum absolute atomic E-state index is 2.33. The normalized spacial score (nSPS) is 14.0. The summed E-state index contributed by atoms with van der Waals surface area (Å²) in [4.78, 5) is 0. The number of unbranched alkanes of at least 4 members (excludes halogenated alkanes) is 2. The van der Waals surface area contributed by atoms with E-state index in [4.69, 9.17) is 0 Å². The van der Waals surface area contributed by atoms with Crippen LogP contribution in [0.2, 0.25) is 12.1 Å². The smallest absolute Gasteiger partial charge is 0.0193 e. The first-order valence-electron chi connectivity index (χ1n) is 5.95. The molecule has 1 aliphatic rings. The van der Waals surface area contributed by atoms with Gasteiger partial charge in [-0.25, -0.2) is 0 Å². The molecule has 0 spiro atoms. The molecular weight excluding hydrogens is 184 g/mol. The fourth-order valence-corrected chi connectivity index (χ4v) is 4.86. The van der Waals surface area contributed by atoms with Crippen LogP contribution in [0.25, 0.3) is 0 Å². The third-order valence-corrected chi connectivity index (χ3v) is 5.80. The quantitative estimate of drug-likeness (QED) is 0.577. The molecule has 0 amide bonds. The second-order valence-electron chi connectivity index (χ2n) is 3.98. The van der Waals surface area contributed by atoms with Crippen molar-refractivity contribution < 1.29 is 0 Å². The summed E-state index contributed by atoms with van der Waals surface area (Å²) in [5.41, 5.74) is 0. The molecule has 0 fully saturated rings. The Morgan fingerprint density at radius 2 is 1.43 bits per heavy atom. The van der Waals surface area contributed by atoms with E-state index in [0.717, 1.165) is 0 Å². The molecule has 0 bridgehead atoms. The SMILES string of the molecule is CCCC[Si](CCCC)=C1C=CC=C1. The van der Waals surface area contributed by atoms with E-state index in [9.17, 15) is 0 Å². The summed E-state index contributed by atoms with van der Waals surface area (Å²) in [7, 11) is -0.204. The van der Waals surface area contributed by atoms with E-state index in [2.05, 4.69) is 38.2 Å². The molecule has 0 aromatic carbocycles. The Morgan fingerprint density at radius 1 is 0.929 bits per heavy atom. The van der Waals surface area contributed by atoms with E-state index in [1.54, 1.807) is 5.17 Å². The molecule has 0 nitrogen and oxygen atoms in total. The van der Waals surface area contributed by atoms with Gasteiger partial charge in [0.05, 0.1) is 0 Å². The minimum Gasteiger partial charge on any atom is -0.0654 e. The van der Waals surface area contributed by atoms with E-state index < -0.39 is 0 Å². The molecule has 1 aliphatic carbocycles. The van der Waals surface area contributed by atoms with Crippen molar-refractivity contribution in [2.24, 2.45) is 0 Å². The van der Waals surface area contributed by atoms with Crippen LogP contribution in [0.4, 0.5) is 0 Å². The first-order valence-corrected chi connectivity index (χ1v) is 7.86. The Morgan fingerprint density at radius 3 is 1.86 bits per heavy atom. The fourth-order valence-electron chi connectivity index (χ4n) is 1.80. The molecule has 0 heterocycles. The molecule has 0 saturated heterocycles.